The van der Waals surface area contributed by atoms with Crippen molar-refractivity contribution in [3.05, 3.63) is 57.8 Å². The van der Waals surface area contributed by atoms with E-state index in [0.717, 1.165) is 12.8 Å². The number of aromatic nitrogens is 2. The predicted molar refractivity (Wildman–Crippen MR) is 93.8 cm³/mol. The largest absolute Gasteiger partial charge is 0.323 e. The lowest BCUT2D eigenvalue weighted by molar-refractivity contribution is 0.626. The molecule has 0 atom stereocenters. The summed E-state index contributed by atoms with van der Waals surface area (Å²) in [7, 11) is 0. The van der Waals surface area contributed by atoms with Crippen molar-refractivity contribution in [1.82, 2.24) is 9.97 Å². The first-order valence-electron chi connectivity index (χ1n) is 7.39. The van der Waals surface area contributed by atoms with E-state index in [1.165, 1.54) is 24.3 Å². The van der Waals surface area contributed by atoms with Crippen molar-refractivity contribution < 1.29 is 8.78 Å². The van der Waals surface area contributed by atoms with Crippen LogP contribution in [0.15, 0.2) is 40.9 Å². The van der Waals surface area contributed by atoms with Gasteiger partial charge in [-0.1, -0.05) is 15.9 Å². The van der Waals surface area contributed by atoms with Gasteiger partial charge in [0.15, 0.2) is 0 Å². The quantitative estimate of drug-likeness (QED) is 0.524. The Kier molecular flexibility index (Phi) is 3.89. The molecule has 1 heterocycles. The van der Waals surface area contributed by atoms with Crippen molar-refractivity contribution in [3.63, 3.8) is 0 Å². The van der Waals surface area contributed by atoms with Crippen molar-refractivity contribution in [1.29, 1.82) is 0 Å². The second-order valence-corrected chi connectivity index (χ2v) is 6.96. The van der Waals surface area contributed by atoms with Crippen LogP contribution in [0.2, 0.25) is 5.28 Å². The van der Waals surface area contributed by atoms with Crippen molar-refractivity contribution in [3.8, 4) is 0 Å². The summed E-state index contributed by atoms with van der Waals surface area (Å²) < 4.78 is 28.2. The molecule has 0 unspecified atom stereocenters. The first-order valence-corrected chi connectivity index (χ1v) is 8.56. The smallest absolute Gasteiger partial charge is 0.224 e. The first kappa shape index (κ1) is 15.7. The molecule has 3 aromatic rings. The molecule has 1 aromatic heterocycles. The van der Waals surface area contributed by atoms with Gasteiger partial charge < -0.3 is 4.90 Å². The Hall–Kier alpha value is -1.79. The van der Waals surface area contributed by atoms with Gasteiger partial charge in [-0.05, 0) is 60.8 Å². The number of fused-ring (bicyclic) bond motifs is 1. The molecule has 0 N–H and O–H groups in total. The third-order valence-corrected chi connectivity index (χ3v) is 4.50. The third-order valence-electron chi connectivity index (χ3n) is 3.88. The van der Waals surface area contributed by atoms with E-state index in [1.54, 1.807) is 6.07 Å². The van der Waals surface area contributed by atoms with Gasteiger partial charge in [0.2, 0.25) is 5.28 Å². The summed E-state index contributed by atoms with van der Waals surface area (Å²) in [6, 6.07) is 9.08. The molecular weight excluding hydrogens is 400 g/mol. The Labute approximate surface area is 150 Å². The number of nitrogens with zero attached hydrogens (tertiary/aromatic N) is 3. The zero-order valence-corrected chi connectivity index (χ0v) is 14.7. The SMILES string of the molecule is Fc1cc(Br)cc(N(c2nc(Cl)nc3ccc(F)cc23)C2CC2)c1. The minimum atomic E-state index is -0.383. The summed E-state index contributed by atoms with van der Waals surface area (Å²) in [6.45, 7) is 0. The van der Waals surface area contributed by atoms with Crippen LogP contribution in [-0.4, -0.2) is 16.0 Å². The second-order valence-electron chi connectivity index (χ2n) is 5.71. The Bertz CT molecular complexity index is 926. The lowest BCUT2D eigenvalue weighted by atomic mass is 10.2. The monoisotopic (exact) mass is 409 g/mol. The topological polar surface area (TPSA) is 29.0 Å². The highest BCUT2D eigenvalue weighted by Gasteiger charge is 2.33. The lowest BCUT2D eigenvalue weighted by Crippen LogP contribution is -2.21. The summed E-state index contributed by atoms with van der Waals surface area (Å²) >= 11 is 9.37. The molecule has 24 heavy (non-hydrogen) atoms. The number of anilines is 2. The van der Waals surface area contributed by atoms with Crippen molar-refractivity contribution in [2.75, 3.05) is 4.90 Å². The number of rotatable bonds is 3. The predicted octanol–water partition coefficient (Wildman–Crippen LogP) is 5.62. The van der Waals surface area contributed by atoms with E-state index in [9.17, 15) is 8.78 Å². The molecule has 0 spiro atoms. The van der Waals surface area contributed by atoms with Crippen LogP contribution in [0.4, 0.5) is 20.3 Å². The van der Waals surface area contributed by atoms with Gasteiger partial charge in [-0.3, -0.25) is 0 Å². The Balaban J connectivity index is 1.96. The van der Waals surface area contributed by atoms with E-state index < -0.39 is 0 Å². The van der Waals surface area contributed by atoms with Crippen molar-refractivity contribution >= 4 is 49.9 Å². The van der Waals surface area contributed by atoms with Crippen LogP contribution in [0, 0.1) is 11.6 Å². The minimum absolute atomic E-state index is 0.0743. The van der Waals surface area contributed by atoms with Crippen LogP contribution in [0.5, 0.6) is 0 Å². The number of hydrogen-bond donors (Lipinski definition) is 0. The van der Waals surface area contributed by atoms with E-state index in [-0.39, 0.29) is 23.0 Å². The molecule has 0 saturated heterocycles. The fraction of sp³-hybridized carbons (Fsp3) is 0.176. The highest BCUT2D eigenvalue weighted by atomic mass is 79.9. The molecule has 122 valence electrons. The van der Waals surface area contributed by atoms with Crippen LogP contribution < -0.4 is 4.90 Å². The normalized spacial score (nSPS) is 14.2. The van der Waals surface area contributed by atoms with Gasteiger partial charge in [-0.2, -0.15) is 4.98 Å². The molecule has 0 amide bonds. The number of halogens is 4. The number of benzene rings is 2. The molecule has 0 radical (unpaired) electrons. The summed E-state index contributed by atoms with van der Waals surface area (Å²) in [5.41, 5.74) is 1.19. The van der Waals surface area contributed by atoms with Gasteiger partial charge in [-0.25, -0.2) is 13.8 Å². The van der Waals surface area contributed by atoms with E-state index in [1.807, 2.05) is 11.0 Å². The van der Waals surface area contributed by atoms with Crippen LogP contribution >= 0.6 is 27.5 Å². The number of hydrogen-bond acceptors (Lipinski definition) is 3. The van der Waals surface area contributed by atoms with Gasteiger partial charge >= 0.3 is 0 Å². The van der Waals surface area contributed by atoms with Crippen LogP contribution in [0.25, 0.3) is 10.9 Å². The van der Waals surface area contributed by atoms with Gasteiger partial charge in [0.1, 0.15) is 17.5 Å². The standard InChI is InChI=1S/C17H11BrClF2N3/c18-9-5-11(21)7-13(6-9)24(12-2-3-12)16-14-8-10(20)1-4-15(14)22-17(19)23-16/h1,4-8,12H,2-3H2. The fourth-order valence-corrected chi connectivity index (χ4v) is 3.38. The minimum Gasteiger partial charge on any atom is -0.323 e. The maximum Gasteiger partial charge on any atom is 0.224 e. The van der Waals surface area contributed by atoms with Crippen LogP contribution in [0.1, 0.15) is 12.8 Å². The highest BCUT2D eigenvalue weighted by Crippen LogP contribution is 2.41. The molecule has 3 nitrogen and oxygen atoms in total. The van der Waals surface area contributed by atoms with Crippen molar-refractivity contribution in [2.45, 2.75) is 18.9 Å². The molecule has 7 heteroatoms. The molecular formula is C17H11BrClF2N3. The molecule has 1 saturated carbocycles. The van der Waals surface area contributed by atoms with Gasteiger partial charge in [0.05, 0.1) is 5.52 Å². The Morgan fingerprint density at radius 1 is 1.04 bits per heavy atom. The molecule has 1 fully saturated rings. The van der Waals surface area contributed by atoms with Gasteiger partial charge in [-0.15, -0.1) is 0 Å². The maximum atomic E-state index is 13.9. The molecule has 2 aromatic carbocycles. The maximum absolute atomic E-state index is 13.9. The van der Waals surface area contributed by atoms with Crippen LogP contribution in [0.3, 0.4) is 0 Å². The average molecular weight is 411 g/mol. The summed E-state index contributed by atoms with van der Waals surface area (Å²) in [6.07, 6.45) is 1.90. The van der Waals surface area contributed by atoms with Gasteiger partial charge in [0.25, 0.3) is 0 Å². The Morgan fingerprint density at radius 3 is 2.54 bits per heavy atom. The zero-order chi connectivity index (χ0) is 16.8. The zero-order valence-electron chi connectivity index (χ0n) is 12.3. The summed E-state index contributed by atoms with van der Waals surface area (Å²) in [5, 5.41) is 0.622. The first-order chi connectivity index (χ1) is 11.5. The van der Waals surface area contributed by atoms with Gasteiger partial charge in [0, 0.05) is 21.6 Å². The molecule has 4 rings (SSSR count). The average Bonchev–Trinajstić information content (AvgIpc) is 3.32. The molecule has 0 aliphatic heterocycles. The summed E-state index contributed by atoms with van der Waals surface area (Å²) in [4.78, 5) is 10.4. The van der Waals surface area contributed by atoms with Crippen LogP contribution in [-0.2, 0) is 0 Å². The molecule has 0 bridgehead atoms. The highest BCUT2D eigenvalue weighted by molar-refractivity contribution is 9.10. The molecule has 1 aliphatic carbocycles. The lowest BCUT2D eigenvalue weighted by Gasteiger charge is -2.25. The van der Waals surface area contributed by atoms with E-state index in [2.05, 4.69) is 25.9 Å². The summed E-state index contributed by atoms with van der Waals surface area (Å²) in [5.74, 6) is -0.254. The van der Waals surface area contributed by atoms with E-state index in [0.29, 0.717) is 26.9 Å². The van der Waals surface area contributed by atoms with E-state index in [4.69, 9.17) is 11.6 Å². The molecule has 1 aliphatic rings. The fourth-order valence-electron chi connectivity index (χ4n) is 2.76. The Morgan fingerprint density at radius 2 is 1.83 bits per heavy atom. The van der Waals surface area contributed by atoms with E-state index >= 15 is 0 Å². The second kappa shape index (κ2) is 5.93. The third kappa shape index (κ3) is 2.96. The van der Waals surface area contributed by atoms with Crippen molar-refractivity contribution in [2.24, 2.45) is 0 Å².